The lowest BCUT2D eigenvalue weighted by Gasteiger charge is -2.24. The summed E-state index contributed by atoms with van der Waals surface area (Å²) in [5.41, 5.74) is 3.14. The van der Waals surface area contributed by atoms with Crippen molar-refractivity contribution in [3.63, 3.8) is 0 Å². The van der Waals surface area contributed by atoms with Gasteiger partial charge in [0.05, 0.1) is 30.9 Å². The van der Waals surface area contributed by atoms with Crippen LogP contribution in [0.5, 0.6) is 5.75 Å². The zero-order valence-electron chi connectivity index (χ0n) is 14.9. The molecule has 0 radical (unpaired) electrons. The Morgan fingerprint density at radius 1 is 1.50 bits per heavy atom. The smallest absolute Gasteiger partial charge is 0.270 e. The van der Waals surface area contributed by atoms with E-state index < -0.39 is 4.92 Å². The Hall–Kier alpha value is -2.45. The van der Waals surface area contributed by atoms with E-state index in [1.807, 2.05) is 17.8 Å². The number of ether oxygens (including phenoxy) is 1. The number of nitrogens with zero attached hydrogens (tertiary/aromatic N) is 3. The van der Waals surface area contributed by atoms with Gasteiger partial charge >= 0.3 is 0 Å². The maximum absolute atomic E-state index is 11.1. The number of non-ortho nitro benzene ring substituents is 1. The molecule has 26 heavy (non-hydrogen) atoms. The average molecular weight is 360 g/mol. The second kappa shape index (κ2) is 8.29. The molecular formula is C18H24N4O4. The molecule has 3 rings (SSSR count). The van der Waals surface area contributed by atoms with Crippen LogP contribution in [0, 0.1) is 10.1 Å². The fourth-order valence-corrected chi connectivity index (χ4v) is 3.47. The molecule has 0 aliphatic heterocycles. The van der Waals surface area contributed by atoms with Gasteiger partial charge in [-0.05, 0) is 32.3 Å². The lowest BCUT2D eigenvalue weighted by molar-refractivity contribution is -0.384. The molecule has 2 aromatic rings. The highest BCUT2D eigenvalue weighted by Crippen LogP contribution is 2.31. The van der Waals surface area contributed by atoms with Crippen LogP contribution < -0.4 is 10.1 Å². The van der Waals surface area contributed by atoms with Gasteiger partial charge in [-0.15, -0.1) is 0 Å². The number of nitrogens with one attached hydrogen (secondary N) is 1. The number of aliphatic hydroxyl groups is 1. The second-order valence-corrected chi connectivity index (χ2v) is 6.30. The van der Waals surface area contributed by atoms with Crippen molar-refractivity contribution >= 4 is 5.69 Å². The van der Waals surface area contributed by atoms with Crippen LogP contribution in [-0.4, -0.2) is 33.0 Å². The molecule has 1 aliphatic rings. The quantitative estimate of drug-likeness (QED) is 0.553. The van der Waals surface area contributed by atoms with Crippen LogP contribution in [0.25, 0.3) is 0 Å². The molecule has 0 amide bonds. The van der Waals surface area contributed by atoms with Crippen LogP contribution in [0.1, 0.15) is 42.6 Å². The molecule has 1 aliphatic carbocycles. The van der Waals surface area contributed by atoms with Gasteiger partial charge in [0.15, 0.2) is 0 Å². The lowest BCUT2D eigenvalue weighted by Crippen LogP contribution is -2.25. The molecule has 0 saturated heterocycles. The van der Waals surface area contributed by atoms with Crippen molar-refractivity contribution in [1.29, 1.82) is 0 Å². The van der Waals surface area contributed by atoms with E-state index >= 15 is 0 Å². The minimum absolute atomic E-state index is 0.0605. The summed E-state index contributed by atoms with van der Waals surface area (Å²) < 4.78 is 7.47. The van der Waals surface area contributed by atoms with E-state index in [4.69, 9.17) is 9.84 Å². The third-order valence-electron chi connectivity index (χ3n) is 4.67. The maximum atomic E-state index is 11.1. The first-order valence-corrected chi connectivity index (χ1v) is 8.93. The Balaban J connectivity index is 1.77. The Bertz CT molecular complexity index is 775. The highest BCUT2D eigenvalue weighted by molar-refractivity contribution is 5.44. The summed E-state index contributed by atoms with van der Waals surface area (Å²) in [4.78, 5) is 10.7. The van der Waals surface area contributed by atoms with E-state index in [1.54, 1.807) is 12.1 Å². The van der Waals surface area contributed by atoms with Crippen molar-refractivity contribution in [2.24, 2.45) is 0 Å². The first-order valence-electron chi connectivity index (χ1n) is 8.93. The molecule has 8 heteroatoms. The molecule has 1 aromatic heterocycles. The van der Waals surface area contributed by atoms with Crippen LogP contribution in [0.2, 0.25) is 0 Å². The van der Waals surface area contributed by atoms with Crippen molar-refractivity contribution in [3.05, 3.63) is 51.3 Å². The maximum Gasteiger partial charge on any atom is 0.270 e. The predicted octanol–water partition coefficient (Wildman–Crippen LogP) is 2.35. The molecule has 1 unspecified atom stereocenters. The molecule has 0 fully saturated rings. The number of aliphatic hydroxyl groups excluding tert-OH is 1. The van der Waals surface area contributed by atoms with E-state index in [-0.39, 0.29) is 18.3 Å². The van der Waals surface area contributed by atoms with E-state index in [2.05, 4.69) is 10.4 Å². The van der Waals surface area contributed by atoms with Crippen LogP contribution in [0.15, 0.2) is 24.4 Å². The zero-order valence-corrected chi connectivity index (χ0v) is 14.9. The van der Waals surface area contributed by atoms with Crippen LogP contribution in [0.3, 0.4) is 0 Å². The number of aromatic nitrogens is 2. The molecule has 1 heterocycles. The molecule has 1 atom stereocenters. The number of nitro benzene ring substituents is 1. The van der Waals surface area contributed by atoms with E-state index in [9.17, 15) is 10.1 Å². The van der Waals surface area contributed by atoms with E-state index in [0.717, 1.165) is 36.1 Å². The van der Waals surface area contributed by atoms with Gasteiger partial charge in [-0.2, -0.15) is 5.10 Å². The monoisotopic (exact) mass is 360 g/mol. The topological polar surface area (TPSA) is 102 Å². The molecule has 8 nitrogen and oxygen atoms in total. The number of benzene rings is 1. The molecule has 1 aromatic carbocycles. The van der Waals surface area contributed by atoms with Gasteiger partial charge in [-0.1, -0.05) is 0 Å². The molecule has 2 N–H and O–H groups in total. The summed E-state index contributed by atoms with van der Waals surface area (Å²) in [6, 6.07) is 4.83. The molecule has 0 saturated carbocycles. The number of nitro groups is 1. The number of hydrogen-bond acceptors (Lipinski definition) is 6. The van der Waals surface area contributed by atoms with Gasteiger partial charge in [0, 0.05) is 41.5 Å². The van der Waals surface area contributed by atoms with Crippen LogP contribution >= 0.6 is 0 Å². The standard InChI is InChI=1S/C18H24N4O4/c1-2-26-18-7-6-14(22(24)25)10-13(18)11-19-16-4-3-5-17-15(16)12-20-21(17)8-9-23/h6-7,10,12,16,19,23H,2-5,8-9,11H2,1H3. The normalized spacial score (nSPS) is 16.3. The number of hydrogen-bond donors (Lipinski definition) is 2. The summed E-state index contributed by atoms with van der Waals surface area (Å²) in [6.07, 6.45) is 4.83. The average Bonchev–Trinajstić information content (AvgIpc) is 3.05. The molecule has 0 bridgehead atoms. The summed E-state index contributed by atoms with van der Waals surface area (Å²) in [7, 11) is 0. The fourth-order valence-electron chi connectivity index (χ4n) is 3.47. The van der Waals surface area contributed by atoms with Crippen molar-refractivity contribution in [2.75, 3.05) is 13.2 Å². The first-order chi connectivity index (χ1) is 12.6. The minimum atomic E-state index is -0.392. The Kier molecular flexibility index (Phi) is 5.85. The molecular weight excluding hydrogens is 336 g/mol. The predicted molar refractivity (Wildman–Crippen MR) is 96.1 cm³/mol. The number of fused-ring (bicyclic) bond motifs is 1. The van der Waals surface area contributed by atoms with Crippen LogP contribution in [-0.2, 0) is 19.5 Å². The fraction of sp³-hybridized carbons (Fsp3) is 0.500. The van der Waals surface area contributed by atoms with Crippen molar-refractivity contribution in [3.8, 4) is 5.75 Å². The molecule has 140 valence electrons. The summed E-state index contributed by atoms with van der Waals surface area (Å²) in [5, 5.41) is 28.1. The summed E-state index contributed by atoms with van der Waals surface area (Å²) >= 11 is 0. The third kappa shape index (κ3) is 3.86. The molecule has 0 spiro atoms. The SMILES string of the molecule is CCOc1ccc([N+](=O)[O-])cc1CNC1CCCc2c1cnn2CCO. The summed E-state index contributed by atoms with van der Waals surface area (Å²) in [6.45, 7) is 3.44. The van der Waals surface area contributed by atoms with Gasteiger partial charge in [0.1, 0.15) is 5.75 Å². The highest BCUT2D eigenvalue weighted by Gasteiger charge is 2.24. The highest BCUT2D eigenvalue weighted by atomic mass is 16.6. The van der Waals surface area contributed by atoms with Crippen LogP contribution in [0.4, 0.5) is 5.69 Å². The zero-order chi connectivity index (χ0) is 18.5. The van der Waals surface area contributed by atoms with Gasteiger partial charge in [0.2, 0.25) is 0 Å². The van der Waals surface area contributed by atoms with Gasteiger partial charge in [-0.25, -0.2) is 0 Å². The second-order valence-electron chi connectivity index (χ2n) is 6.30. The van der Waals surface area contributed by atoms with Gasteiger partial charge in [0.25, 0.3) is 5.69 Å². The third-order valence-corrected chi connectivity index (χ3v) is 4.67. The number of rotatable bonds is 8. The van der Waals surface area contributed by atoms with Crippen molar-refractivity contribution < 1.29 is 14.8 Å². The lowest BCUT2D eigenvalue weighted by atomic mass is 9.92. The largest absolute Gasteiger partial charge is 0.494 e. The van der Waals surface area contributed by atoms with Crippen molar-refractivity contribution in [2.45, 2.75) is 45.3 Å². The first kappa shape index (κ1) is 18.3. The minimum Gasteiger partial charge on any atom is -0.494 e. The van der Waals surface area contributed by atoms with Gasteiger partial charge < -0.3 is 15.2 Å². The summed E-state index contributed by atoms with van der Waals surface area (Å²) in [5.74, 6) is 0.664. The Morgan fingerprint density at radius 2 is 2.35 bits per heavy atom. The Labute approximate surface area is 151 Å². The Morgan fingerprint density at radius 3 is 3.08 bits per heavy atom. The van der Waals surface area contributed by atoms with Crippen molar-refractivity contribution in [1.82, 2.24) is 15.1 Å². The van der Waals surface area contributed by atoms with E-state index in [0.29, 0.717) is 25.4 Å². The van der Waals surface area contributed by atoms with E-state index in [1.165, 1.54) is 6.07 Å². The van der Waals surface area contributed by atoms with Gasteiger partial charge in [-0.3, -0.25) is 14.8 Å².